The van der Waals surface area contributed by atoms with Crippen LogP contribution >= 0.6 is 0 Å². The molecule has 1 aromatic carbocycles. The number of benzene rings is 1. The van der Waals surface area contributed by atoms with E-state index in [1.807, 2.05) is 19.1 Å². The topological polar surface area (TPSA) is 104 Å². The van der Waals surface area contributed by atoms with Gasteiger partial charge in [-0.05, 0) is 30.9 Å². The molecule has 1 N–H and O–H groups in total. The Hall–Kier alpha value is -3.42. The Morgan fingerprint density at radius 2 is 1.94 bits per heavy atom. The average molecular weight is 426 g/mol. The second kappa shape index (κ2) is 9.59. The lowest BCUT2D eigenvalue weighted by atomic mass is 9.82. The number of carbonyl (C=O) groups is 3. The third-order valence-corrected chi connectivity index (χ3v) is 5.32. The number of rotatable bonds is 6. The first-order valence-electron chi connectivity index (χ1n) is 10.1. The molecule has 8 nitrogen and oxygen atoms in total. The molecule has 0 radical (unpaired) electrons. The lowest BCUT2D eigenvalue weighted by Gasteiger charge is -2.31. The molecule has 1 heterocycles. The third kappa shape index (κ3) is 5.02. The van der Waals surface area contributed by atoms with Gasteiger partial charge < -0.3 is 19.5 Å². The van der Waals surface area contributed by atoms with Crippen LogP contribution in [0.15, 0.2) is 36.5 Å². The highest BCUT2D eigenvalue weighted by Gasteiger charge is 2.31. The van der Waals surface area contributed by atoms with Gasteiger partial charge >= 0.3 is 11.9 Å². The molecule has 0 bridgehead atoms. The molecule has 0 aliphatic heterocycles. The molecule has 1 aliphatic rings. The van der Waals surface area contributed by atoms with E-state index in [-0.39, 0.29) is 29.2 Å². The van der Waals surface area contributed by atoms with Gasteiger partial charge in [0, 0.05) is 25.1 Å². The second-order valence-electron chi connectivity index (χ2n) is 7.48. The maximum absolute atomic E-state index is 12.7. The lowest BCUT2D eigenvalue weighted by Crippen LogP contribution is -2.42. The number of ether oxygens (including phenoxy) is 3. The predicted molar refractivity (Wildman–Crippen MR) is 112 cm³/mol. The lowest BCUT2D eigenvalue weighted by molar-refractivity contribution is -0.152. The number of amides is 1. The van der Waals surface area contributed by atoms with E-state index < -0.39 is 23.9 Å². The van der Waals surface area contributed by atoms with Crippen molar-refractivity contribution >= 4 is 17.8 Å². The zero-order chi connectivity index (χ0) is 22.5. The molecule has 0 fully saturated rings. The summed E-state index contributed by atoms with van der Waals surface area (Å²) in [6.45, 7) is 4.77. The van der Waals surface area contributed by atoms with Gasteiger partial charge in [-0.25, -0.2) is 9.78 Å². The highest BCUT2D eigenvalue weighted by Crippen LogP contribution is 2.33. The van der Waals surface area contributed by atoms with Gasteiger partial charge in [0.2, 0.25) is 5.75 Å². The van der Waals surface area contributed by atoms with Crippen LogP contribution < -0.4 is 14.8 Å². The highest BCUT2D eigenvalue weighted by molar-refractivity contribution is 5.98. The molecular weight excluding hydrogens is 400 g/mol. The maximum Gasteiger partial charge on any atom is 0.328 e. The predicted octanol–water partition coefficient (Wildman–Crippen LogP) is 2.80. The SMILES string of the molecule is COc1ccnc(C(=O)N[C@@H](C)C(=O)OC2CCc3ccccc3C2C)c1OC(C)=O. The number of aromatic nitrogens is 1. The maximum atomic E-state index is 12.7. The van der Waals surface area contributed by atoms with Crippen molar-refractivity contribution < 1.29 is 28.6 Å². The zero-order valence-electron chi connectivity index (χ0n) is 18.0. The molecule has 1 aliphatic carbocycles. The minimum Gasteiger partial charge on any atom is -0.493 e. The van der Waals surface area contributed by atoms with Gasteiger partial charge in [-0.2, -0.15) is 0 Å². The van der Waals surface area contributed by atoms with Gasteiger partial charge in [0.05, 0.1) is 7.11 Å². The number of nitrogens with zero attached hydrogens (tertiary/aromatic N) is 1. The van der Waals surface area contributed by atoms with E-state index in [0.29, 0.717) is 0 Å². The number of pyridine rings is 1. The first-order chi connectivity index (χ1) is 14.8. The van der Waals surface area contributed by atoms with E-state index in [9.17, 15) is 14.4 Å². The van der Waals surface area contributed by atoms with Crippen LogP contribution in [-0.2, 0) is 20.7 Å². The van der Waals surface area contributed by atoms with Crippen molar-refractivity contribution in [2.45, 2.75) is 51.7 Å². The Labute approximate surface area is 180 Å². The second-order valence-corrected chi connectivity index (χ2v) is 7.48. The van der Waals surface area contributed by atoms with Crippen LogP contribution in [0.25, 0.3) is 0 Å². The summed E-state index contributed by atoms with van der Waals surface area (Å²) in [7, 11) is 1.38. The zero-order valence-corrected chi connectivity index (χ0v) is 18.0. The van der Waals surface area contributed by atoms with Gasteiger partial charge in [-0.15, -0.1) is 0 Å². The summed E-state index contributed by atoms with van der Waals surface area (Å²) in [5, 5.41) is 2.56. The first-order valence-corrected chi connectivity index (χ1v) is 10.1. The van der Waals surface area contributed by atoms with Crippen molar-refractivity contribution in [1.29, 1.82) is 0 Å². The fraction of sp³-hybridized carbons (Fsp3) is 0.391. The molecule has 0 saturated heterocycles. The number of methoxy groups -OCH3 is 1. The number of hydrogen-bond donors (Lipinski definition) is 1. The molecule has 2 aromatic rings. The van der Waals surface area contributed by atoms with Crippen LogP contribution in [0, 0.1) is 0 Å². The van der Waals surface area contributed by atoms with Crippen molar-refractivity contribution in [2.75, 3.05) is 7.11 Å². The first kappa shape index (κ1) is 22.3. The average Bonchev–Trinajstić information content (AvgIpc) is 2.75. The summed E-state index contributed by atoms with van der Waals surface area (Å²) in [5.41, 5.74) is 2.29. The van der Waals surface area contributed by atoms with Crippen LogP contribution in [0.4, 0.5) is 0 Å². The van der Waals surface area contributed by atoms with Crippen LogP contribution in [0.1, 0.15) is 54.7 Å². The van der Waals surface area contributed by atoms with Crippen LogP contribution in [0.3, 0.4) is 0 Å². The van der Waals surface area contributed by atoms with Crippen molar-refractivity contribution in [3.05, 3.63) is 53.3 Å². The number of aryl methyl sites for hydroxylation is 1. The molecule has 0 saturated carbocycles. The van der Waals surface area contributed by atoms with Gasteiger partial charge in [0.1, 0.15) is 12.1 Å². The Balaban J connectivity index is 1.68. The van der Waals surface area contributed by atoms with E-state index in [1.165, 1.54) is 44.3 Å². The Morgan fingerprint density at radius 3 is 2.65 bits per heavy atom. The van der Waals surface area contributed by atoms with Gasteiger partial charge in [-0.3, -0.25) is 9.59 Å². The fourth-order valence-corrected chi connectivity index (χ4v) is 3.69. The molecule has 2 unspecified atom stereocenters. The Bertz CT molecular complexity index is 990. The minimum absolute atomic E-state index is 0.0624. The summed E-state index contributed by atoms with van der Waals surface area (Å²) in [5.74, 6) is -1.71. The molecule has 164 valence electrons. The van der Waals surface area contributed by atoms with E-state index in [4.69, 9.17) is 14.2 Å². The molecular formula is C23H26N2O6. The van der Waals surface area contributed by atoms with E-state index in [0.717, 1.165) is 12.8 Å². The largest absolute Gasteiger partial charge is 0.493 e. The summed E-state index contributed by atoms with van der Waals surface area (Å²) >= 11 is 0. The summed E-state index contributed by atoms with van der Waals surface area (Å²) in [6.07, 6.45) is 2.63. The monoisotopic (exact) mass is 426 g/mol. The Morgan fingerprint density at radius 1 is 1.19 bits per heavy atom. The molecule has 1 aromatic heterocycles. The minimum atomic E-state index is -0.921. The van der Waals surface area contributed by atoms with Crippen molar-refractivity contribution in [1.82, 2.24) is 10.3 Å². The van der Waals surface area contributed by atoms with Crippen molar-refractivity contribution in [3.63, 3.8) is 0 Å². The van der Waals surface area contributed by atoms with Crippen LogP contribution in [0.5, 0.6) is 11.5 Å². The molecule has 1 amide bonds. The van der Waals surface area contributed by atoms with E-state index in [2.05, 4.69) is 22.4 Å². The van der Waals surface area contributed by atoms with Gasteiger partial charge in [0.15, 0.2) is 11.4 Å². The number of nitrogens with one attached hydrogen (secondary N) is 1. The normalized spacial score (nSPS) is 18.3. The standard InChI is InChI=1S/C23H26N2O6/c1-13-17-8-6-5-7-16(17)9-10-18(13)31-23(28)14(2)25-22(27)20-21(30-15(3)26)19(29-4)11-12-24-20/h5-8,11-14,18H,9-10H2,1-4H3,(H,25,27)/t13?,14-,18?/m0/s1. The molecule has 3 atom stereocenters. The Kier molecular flexibility index (Phi) is 6.89. The van der Waals surface area contributed by atoms with E-state index in [1.54, 1.807) is 0 Å². The molecule has 8 heteroatoms. The summed E-state index contributed by atoms with van der Waals surface area (Å²) in [6, 6.07) is 8.67. The van der Waals surface area contributed by atoms with Crippen LogP contribution in [-0.4, -0.2) is 42.1 Å². The van der Waals surface area contributed by atoms with Gasteiger partial charge in [-0.1, -0.05) is 31.2 Å². The molecule has 3 rings (SSSR count). The molecule has 31 heavy (non-hydrogen) atoms. The van der Waals surface area contributed by atoms with E-state index >= 15 is 0 Å². The smallest absolute Gasteiger partial charge is 0.328 e. The quantitative estimate of drug-likeness (QED) is 0.709. The van der Waals surface area contributed by atoms with Crippen LogP contribution in [0.2, 0.25) is 0 Å². The number of hydrogen-bond acceptors (Lipinski definition) is 7. The molecule has 0 spiro atoms. The van der Waals surface area contributed by atoms with Gasteiger partial charge in [0.25, 0.3) is 5.91 Å². The fourth-order valence-electron chi connectivity index (χ4n) is 3.69. The third-order valence-electron chi connectivity index (χ3n) is 5.32. The number of esters is 2. The number of carbonyl (C=O) groups excluding carboxylic acids is 3. The van der Waals surface area contributed by atoms with Crippen molar-refractivity contribution in [3.8, 4) is 11.5 Å². The van der Waals surface area contributed by atoms with Crippen molar-refractivity contribution in [2.24, 2.45) is 0 Å². The highest BCUT2D eigenvalue weighted by atomic mass is 16.6. The number of fused-ring (bicyclic) bond motifs is 1. The summed E-state index contributed by atoms with van der Waals surface area (Å²) < 4.78 is 16.0. The summed E-state index contributed by atoms with van der Waals surface area (Å²) in [4.78, 5) is 40.8.